The summed E-state index contributed by atoms with van der Waals surface area (Å²) in [7, 11) is 0. The molecule has 1 fully saturated rings. The summed E-state index contributed by atoms with van der Waals surface area (Å²) >= 11 is 0. The Kier molecular flexibility index (Phi) is 3.48. The minimum atomic E-state index is -0.185. The zero-order valence-electron chi connectivity index (χ0n) is 13.2. The molecule has 0 saturated heterocycles. The van der Waals surface area contributed by atoms with Crippen LogP contribution in [0.25, 0.3) is 11.4 Å². The van der Waals surface area contributed by atoms with Crippen LogP contribution in [0.1, 0.15) is 50.2 Å². The maximum Gasteiger partial charge on any atom is 0.284 e. The van der Waals surface area contributed by atoms with E-state index in [1.54, 1.807) is 12.5 Å². The van der Waals surface area contributed by atoms with Gasteiger partial charge in [0, 0.05) is 18.1 Å². The molecule has 0 atom stereocenters. The first-order valence-electron chi connectivity index (χ1n) is 8.22. The fourth-order valence-electron chi connectivity index (χ4n) is 3.46. The van der Waals surface area contributed by atoms with Gasteiger partial charge < -0.3 is 4.57 Å². The van der Waals surface area contributed by atoms with Crippen LogP contribution in [-0.2, 0) is 13.0 Å². The molecule has 1 N–H and O–H groups in total. The standard InChI is InChI=1S/C16H20N6O/c1-2-12-14-15(22(20-12)11-5-3-4-6-11)18-13(19-16(14)23)9-21-8-7-17-10-21/h7-8,10-11,20H,2-6,9H2,1H3. The van der Waals surface area contributed by atoms with Crippen molar-refractivity contribution in [3.8, 4) is 11.4 Å². The van der Waals surface area contributed by atoms with Crippen molar-refractivity contribution in [2.75, 3.05) is 0 Å². The zero-order chi connectivity index (χ0) is 15.8. The van der Waals surface area contributed by atoms with Gasteiger partial charge in [0.2, 0.25) is 0 Å². The van der Waals surface area contributed by atoms with Crippen LogP contribution in [0.4, 0.5) is 0 Å². The zero-order valence-corrected chi connectivity index (χ0v) is 13.2. The number of hydrogen-bond donors (Lipinski definition) is 1. The summed E-state index contributed by atoms with van der Waals surface area (Å²) in [6, 6.07) is 0.410. The van der Waals surface area contributed by atoms with E-state index in [0.717, 1.165) is 30.8 Å². The second-order valence-corrected chi connectivity index (χ2v) is 6.13. The first-order chi connectivity index (χ1) is 11.3. The van der Waals surface area contributed by atoms with Gasteiger partial charge in [-0.2, -0.15) is 4.98 Å². The van der Waals surface area contributed by atoms with Gasteiger partial charge in [0.25, 0.3) is 5.56 Å². The monoisotopic (exact) mass is 312 g/mol. The highest BCUT2D eigenvalue weighted by atomic mass is 16.1. The van der Waals surface area contributed by atoms with Gasteiger partial charge in [-0.05, 0) is 19.3 Å². The molecule has 3 heterocycles. The lowest BCUT2D eigenvalue weighted by Gasteiger charge is -2.13. The Morgan fingerprint density at radius 3 is 2.83 bits per heavy atom. The van der Waals surface area contributed by atoms with E-state index in [1.165, 1.54) is 12.8 Å². The van der Waals surface area contributed by atoms with E-state index in [0.29, 0.717) is 24.0 Å². The van der Waals surface area contributed by atoms with Crippen LogP contribution in [-0.4, -0.2) is 29.3 Å². The van der Waals surface area contributed by atoms with Crippen molar-refractivity contribution in [2.24, 2.45) is 0 Å². The van der Waals surface area contributed by atoms with Crippen molar-refractivity contribution < 1.29 is 0 Å². The number of rotatable bonds is 4. The number of imidazole rings is 1. The molecule has 120 valence electrons. The first-order valence-corrected chi connectivity index (χ1v) is 8.22. The molecule has 0 aromatic carbocycles. The minimum Gasteiger partial charge on any atom is -0.330 e. The average Bonchev–Trinajstić information content (AvgIpc) is 3.27. The number of hydrogen-bond acceptors (Lipinski definition) is 4. The van der Waals surface area contributed by atoms with Crippen LogP contribution in [0.3, 0.4) is 0 Å². The van der Waals surface area contributed by atoms with Crippen molar-refractivity contribution in [3.63, 3.8) is 0 Å². The van der Waals surface area contributed by atoms with Crippen molar-refractivity contribution in [1.29, 1.82) is 0 Å². The summed E-state index contributed by atoms with van der Waals surface area (Å²) in [6.45, 7) is 2.51. The fraction of sp³-hybridized carbons (Fsp3) is 0.500. The van der Waals surface area contributed by atoms with E-state index in [9.17, 15) is 4.79 Å². The Hall–Kier alpha value is -2.44. The van der Waals surface area contributed by atoms with Gasteiger partial charge in [-0.3, -0.25) is 14.6 Å². The van der Waals surface area contributed by atoms with Crippen molar-refractivity contribution in [1.82, 2.24) is 29.3 Å². The second-order valence-electron chi connectivity index (χ2n) is 6.13. The van der Waals surface area contributed by atoms with Crippen LogP contribution in [0.2, 0.25) is 0 Å². The Labute approximate surface area is 133 Å². The highest BCUT2D eigenvalue weighted by Crippen LogP contribution is 2.33. The summed E-state index contributed by atoms with van der Waals surface area (Å²) in [5.74, 6) is 1.29. The van der Waals surface area contributed by atoms with Crippen LogP contribution >= 0.6 is 0 Å². The summed E-state index contributed by atoms with van der Waals surface area (Å²) in [4.78, 5) is 25.4. The smallest absolute Gasteiger partial charge is 0.284 e. The van der Waals surface area contributed by atoms with Crippen molar-refractivity contribution in [3.05, 3.63) is 40.6 Å². The largest absolute Gasteiger partial charge is 0.330 e. The topological polar surface area (TPSA) is 81.4 Å². The number of aryl methyl sites for hydroxylation is 1. The molecule has 0 unspecified atom stereocenters. The number of aromatic amines is 1. The van der Waals surface area contributed by atoms with Crippen LogP contribution in [0, 0.1) is 0 Å². The van der Waals surface area contributed by atoms with Crippen molar-refractivity contribution in [2.45, 2.75) is 51.6 Å². The third-order valence-corrected chi connectivity index (χ3v) is 4.61. The second kappa shape index (κ2) is 5.64. The Morgan fingerprint density at radius 2 is 2.13 bits per heavy atom. The molecule has 4 rings (SSSR count). The van der Waals surface area contributed by atoms with Crippen molar-refractivity contribution >= 4 is 0 Å². The molecular weight excluding hydrogens is 292 g/mol. The normalized spacial score (nSPS) is 15.7. The molecule has 0 bridgehead atoms. The van der Waals surface area contributed by atoms with Crippen LogP contribution in [0.15, 0.2) is 23.5 Å². The Balaban J connectivity index is 1.82. The molecule has 7 heteroatoms. The Bertz CT molecular complexity index is 825. The third-order valence-electron chi connectivity index (χ3n) is 4.61. The maximum absolute atomic E-state index is 12.5. The van der Waals surface area contributed by atoms with E-state index in [1.807, 2.05) is 17.7 Å². The van der Waals surface area contributed by atoms with Gasteiger partial charge in [-0.15, -0.1) is 0 Å². The van der Waals surface area contributed by atoms with Gasteiger partial charge in [-0.1, -0.05) is 19.8 Å². The lowest BCUT2D eigenvalue weighted by atomic mass is 10.2. The molecule has 1 saturated carbocycles. The van der Waals surface area contributed by atoms with E-state index in [4.69, 9.17) is 4.98 Å². The first kappa shape index (κ1) is 14.2. The molecule has 2 aliphatic heterocycles. The van der Waals surface area contributed by atoms with Crippen LogP contribution < -0.4 is 5.56 Å². The van der Waals surface area contributed by atoms with Gasteiger partial charge in [0.05, 0.1) is 18.9 Å². The molecule has 23 heavy (non-hydrogen) atoms. The summed E-state index contributed by atoms with van der Waals surface area (Å²) < 4.78 is 3.97. The lowest BCUT2D eigenvalue weighted by Crippen LogP contribution is -2.19. The van der Waals surface area contributed by atoms with E-state index in [-0.39, 0.29) is 5.56 Å². The highest BCUT2D eigenvalue weighted by Gasteiger charge is 2.27. The van der Waals surface area contributed by atoms with E-state index >= 15 is 0 Å². The molecule has 0 spiro atoms. The number of nitrogens with zero attached hydrogens (tertiary/aromatic N) is 5. The maximum atomic E-state index is 12.5. The molecular formula is C16H20N6O. The summed E-state index contributed by atoms with van der Waals surface area (Å²) in [5, 5.41) is 3.40. The summed E-state index contributed by atoms with van der Waals surface area (Å²) in [5.41, 5.74) is 1.40. The number of H-pyrrole nitrogens is 1. The highest BCUT2D eigenvalue weighted by molar-refractivity contribution is 5.59. The van der Waals surface area contributed by atoms with Gasteiger partial charge in [-0.25, -0.2) is 9.97 Å². The predicted octanol–water partition coefficient (Wildman–Crippen LogP) is 1.99. The number of aromatic nitrogens is 6. The number of fused-ring (bicyclic) bond motifs is 1. The lowest BCUT2D eigenvalue weighted by molar-refractivity contribution is 0.463. The summed E-state index contributed by atoms with van der Waals surface area (Å²) in [6.07, 6.45) is 10.8. The van der Waals surface area contributed by atoms with Gasteiger partial charge in [0.1, 0.15) is 5.56 Å². The molecule has 0 amide bonds. The quantitative estimate of drug-likeness (QED) is 0.799. The van der Waals surface area contributed by atoms with Gasteiger partial charge >= 0.3 is 0 Å². The SMILES string of the molecule is CCc1[nH]n(C2CCCC2)c2nc(Cn3ccnc3)nc(=O)c1-2. The molecule has 1 aromatic rings. The average molecular weight is 312 g/mol. The molecule has 0 radical (unpaired) electrons. The number of nitrogens with one attached hydrogen (secondary N) is 1. The molecule has 7 nitrogen and oxygen atoms in total. The predicted molar refractivity (Wildman–Crippen MR) is 85.5 cm³/mol. The molecule has 1 aromatic heterocycles. The fourth-order valence-corrected chi connectivity index (χ4v) is 3.46. The third kappa shape index (κ3) is 2.46. The van der Waals surface area contributed by atoms with E-state index < -0.39 is 0 Å². The van der Waals surface area contributed by atoms with Crippen LogP contribution in [0.5, 0.6) is 0 Å². The Morgan fingerprint density at radius 1 is 1.30 bits per heavy atom. The molecule has 3 aliphatic rings. The molecule has 1 aliphatic carbocycles. The van der Waals surface area contributed by atoms with Gasteiger partial charge in [0.15, 0.2) is 11.6 Å². The minimum absolute atomic E-state index is 0.185. The van der Waals surface area contributed by atoms with E-state index in [2.05, 4.69) is 19.7 Å².